The minimum Gasteiger partial charge on any atom is -0.497 e. The summed E-state index contributed by atoms with van der Waals surface area (Å²) in [4.78, 5) is 37.7. The Kier molecular flexibility index (Phi) is 9.86. The van der Waals surface area contributed by atoms with Gasteiger partial charge in [0.05, 0.1) is 29.3 Å². The molecule has 3 amide bonds. The summed E-state index contributed by atoms with van der Waals surface area (Å²) in [5.41, 5.74) is 0.390. The number of hydrogen-bond donors (Lipinski definition) is 3. The van der Waals surface area contributed by atoms with Crippen molar-refractivity contribution in [2.75, 3.05) is 33.4 Å². The molecular weight excluding hydrogens is 497 g/mol. The van der Waals surface area contributed by atoms with Gasteiger partial charge in [0, 0.05) is 18.7 Å². The molecule has 11 heteroatoms. The van der Waals surface area contributed by atoms with Crippen LogP contribution < -0.4 is 30.2 Å². The predicted octanol–water partition coefficient (Wildman–Crippen LogP) is 2.97. The van der Waals surface area contributed by atoms with E-state index in [1.54, 1.807) is 30.3 Å². The van der Waals surface area contributed by atoms with Crippen molar-refractivity contribution in [1.29, 1.82) is 0 Å². The van der Waals surface area contributed by atoms with Crippen molar-refractivity contribution >= 4 is 40.9 Å². The van der Waals surface area contributed by atoms with Crippen molar-refractivity contribution in [2.24, 2.45) is 0 Å². The Balaban J connectivity index is 1.59. The zero-order chi connectivity index (χ0) is 25.2. The summed E-state index contributed by atoms with van der Waals surface area (Å²) in [5.74, 6) is 0.249. The summed E-state index contributed by atoms with van der Waals surface area (Å²) in [7, 11) is 1.52. The molecule has 0 radical (unpaired) electrons. The fourth-order valence-corrected chi connectivity index (χ4v) is 3.67. The number of carbonyl (C=O) groups is 3. The largest absolute Gasteiger partial charge is 0.497 e. The lowest BCUT2D eigenvalue weighted by molar-refractivity contribution is -0.130. The van der Waals surface area contributed by atoms with Crippen LogP contribution in [0.5, 0.6) is 17.2 Å². The first-order valence-corrected chi connectivity index (χ1v) is 11.9. The van der Waals surface area contributed by atoms with Crippen molar-refractivity contribution in [1.82, 2.24) is 16.0 Å². The molecule has 0 saturated heterocycles. The van der Waals surface area contributed by atoms with Gasteiger partial charge in [-0.25, -0.2) is 0 Å². The second-order valence-corrected chi connectivity index (χ2v) is 8.55. The van der Waals surface area contributed by atoms with Crippen molar-refractivity contribution in [3.8, 4) is 17.2 Å². The van der Waals surface area contributed by atoms with Gasteiger partial charge in [-0.2, -0.15) is 0 Å². The van der Waals surface area contributed by atoms with Gasteiger partial charge in [-0.1, -0.05) is 23.2 Å². The van der Waals surface area contributed by atoms with E-state index in [1.807, 2.05) is 0 Å². The standard InChI is InChI=1S/C24H27Cl2N3O6/c1-33-15-5-7-17-21(13-15)34-11-10-28-24(32)20(4-2-3-9-27-23(17)31)29-22(30)14-35-16-6-8-18(25)19(26)12-16/h5-8,12-13,20H,2-4,9-11,14H2,1H3,(H,27,31)(H,28,32)(H,29,30)/t20-/m0/s1. The molecule has 3 rings (SSSR count). The average molecular weight is 524 g/mol. The highest BCUT2D eigenvalue weighted by molar-refractivity contribution is 6.42. The first-order chi connectivity index (χ1) is 16.9. The van der Waals surface area contributed by atoms with Crippen molar-refractivity contribution < 1.29 is 28.6 Å². The van der Waals surface area contributed by atoms with E-state index in [1.165, 1.54) is 13.2 Å². The van der Waals surface area contributed by atoms with E-state index in [-0.39, 0.29) is 31.6 Å². The van der Waals surface area contributed by atoms with Crippen LogP contribution in [-0.2, 0) is 9.59 Å². The monoisotopic (exact) mass is 523 g/mol. The lowest BCUT2D eigenvalue weighted by Crippen LogP contribution is -2.48. The second kappa shape index (κ2) is 13.1. The van der Waals surface area contributed by atoms with Crippen molar-refractivity contribution in [3.63, 3.8) is 0 Å². The molecule has 0 saturated carbocycles. The van der Waals surface area contributed by atoms with Crippen LogP contribution in [-0.4, -0.2) is 57.2 Å². The highest BCUT2D eigenvalue weighted by Crippen LogP contribution is 2.26. The minimum absolute atomic E-state index is 0.125. The molecule has 0 unspecified atom stereocenters. The molecule has 35 heavy (non-hydrogen) atoms. The Labute approximate surface area is 213 Å². The quantitative estimate of drug-likeness (QED) is 0.554. The third-order valence-electron chi connectivity index (χ3n) is 5.21. The third kappa shape index (κ3) is 7.93. The van der Waals surface area contributed by atoms with Gasteiger partial charge in [0.15, 0.2) is 6.61 Å². The number of hydrogen-bond acceptors (Lipinski definition) is 6. The molecule has 0 aliphatic carbocycles. The van der Waals surface area contributed by atoms with Gasteiger partial charge in [-0.3, -0.25) is 14.4 Å². The summed E-state index contributed by atoms with van der Waals surface area (Å²) in [6.45, 7) is 0.427. The Hall–Kier alpha value is -3.17. The van der Waals surface area contributed by atoms with Crippen LogP contribution in [0, 0.1) is 0 Å². The van der Waals surface area contributed by atoms with E-state index in [2.05, 4.69) is 16.0 Å². The van der Waals surface area contributed by atoms with Gasteiger partial charge in [0.25, 0.3) is 11.8 Å². The molecule has 1 atom stereocenters. The zero-order valence-corrected chi connectivity index (χ0v) is 20.7. The molecule has 0 bridgehead atoms. The number of rotatable bonds is 5. The van der Waals surface area contributed by atoms with E-state index in [0.29, 0.717) is 58.7 Å². The third-order valence-corrected chi connectivity index (χ3v) is 5.95. The molecule has 0 spiro atoms. The number of fused-ring (bicyclic) bond motifs is 1. The maximum absolute atomic E-state index is 12.7. The maximum atomic E-state index is 12.7. The number of methoxy groups -OCH3 is 1. The Bertz CT molecular complexity index is 1070. The number of benzene rings is 2. The van der Waals surface area contributed by atoms with E-state index in [4.69, 9.17) is 37.4 Å². The van der Waals surface area contributed by atoms with E-state index >= 15 is 0 Å². The highest BCUT2D eigenvalue weighted by Gasteiger charge is 2.21. The molecule has 2 aromatic rings. The normalized spacial score (nSPS) is 17.1. The Morgan fingerprint density at radius 1 is 1.06 bits per heavy atom. The molecule has 1 heterocycles. The van der Waals surface area contributed by atoms with Gasteiger partial charge >= 0.3 is 0 Å². The molecular formula is C24H27Cl2N3O6. The Morgan fingerprint density at radius 3 is 2.63 bits per heavy atom. The molecule has 188 valence electrons. The summed E-state index contributed by atoms with van der Waals surface area (Å²) < 4.78 is 16.4. The second-order valence-electron chi connectivity index (χ2n) is 7.74. The van der Waals surface area contributed by atoms with Gasteiger partial charge in [-0.05, 0) is 43.5 Å². The zero-order valence-electron chi connectivity index (χ0n) is 19.2. The van der Waals surface area contributed by atoms with Crippen molar-refractivity contribution in [2.45, 2.75) is 25.3 Å². The lowest BCUT2D eigenvalue weighted by atomic mass is 10.1. The fourth-order valence-electron chi connectivity index (χ4n) is 3.39. The molecule has 9 nitrogen and oxygen atoms in total. The molecule has 1 aliphatic rings. The average Bonchev–Trinajstić information content (AvgIpc) is 2.85. The molecule has 1 aliphatic heterocycles. The van der Waals surface area contributed by atoms with Crippen LogP contribution in [0.15, 0.2) is 36.4 Å². The van der Waals surface area contributed by atoms with E-state index < -0.39 is 11.9 Å². The van der Waals surface area contributed by atoms with Crippen LogP contribution in [0.3, 0.4) is 0 Å². The van der Waals surface area contributed by atoms with Gasteiger partial charge in [-0.15, -0.1) is 0 Å². The molecule has 2 aromatic carbocycles. The predicted molar refractivity (Wildman–Crippen MR) is 132 cm³/mol. The van der Waals surface area contributed by atoms with Gasteiger partial charge in [0.1, 0.15) is 29.9 Å². The topological polar surface area (TPSA) is 115 Å². The first kappa shape index (κ1) is 26.4. The molecule has 3 N–H and O–H groups in total. The minimum atomic E-state index is -0.758. The highest BCUT2D eigenvalue weighted by atomic mass is 35.5. The number of nitrogens with one attached hydrogen (secondary N) is 3. The summed E-state index contributed by atoms with van der Waals surface area (Å²) >= 11 is 11.8. The van der Waals surface area contributed by atoms with Gasteiger partial charge < -0.3 is 30.2 Å². The SMILES string of the molecule is COc1ccc2c(c1)OCCNC(=O)[C@@H](NC(=O)COc1ccc(Cl)c(Cl)c1)CCCCNC2=O. The van der Waals surface area contributed by atoms with Crippen LogP contribution in [0.2, 0.25) is 10.0 Å². The Morgan fingerprint density at radius 2 is 1.86 bits per heavy atom. The van der Waals surface area contributed by atoms with Crippen LogP contribution in [0.4, 0.5) is 0 Å². The molecule has 0 fully saturated rings. The van der Waals surface area contributed by atoms with Crippen LogP contribution in [0.1, 0.15) is 29.6 Å². The van der Waals surface area contributed by atoms with E-state index in [0.717, 1.165) is 0 Å². The van der Waals surface area contributed by atoms with Gasteiger partial charge in [0.2, 0.25) is 5.91 Å². The van der Waals surface area contributed by atoms with Crippen LogP contribution in [0.25, 0.3) is 0 Å². The van der Waals surface area contributed by atoms with Crippen molar-refractivity contribution in [3.05, 3.63) is 52.0 Å². The fraction of sp³-hybridized carbons (Fsp3) is 0.375. The summed E-state index contributed by atoms with van der Waals surface area (Å²) in [6, 6.07) is 8.86. The first-order valence-electron chi connectivity index (χ1n) is 11.1. The molecule has 0 aromatic heterocycles. The van der Waals surface area contributed by atoms with E-state index in [9.17, 15) is 14.4 Å². The smallest absolute Gasteiger partial charge is 0.258 e. The number of ether oxygens (including phenoxy) is 3. The maximum Gasteiger partial charge on any atom is 0.258 e. The number of carbonyl (C=O) groups excluding carboxylic acids is 3. The lowest BCUT2D eigenvalue weighted by Gasteiger charge is -2.20. The summed E-state index contributed by atoms with van der Waals surface area (Å²) in [6.07, 6.45) is 1.63. The van der Waals surface area contributed by atoms with Crippen LogP contribution >= 0.6 is 23.2 Å². The number of amides is 3. The number of halogens is 2. The summed E-state index contributed by atoms with van der Waals surface area (Å²) in [5, 5.41) is 9.02.